The van der Waals surface area contributed by atoms with Gasteiger partial charge in [-0.1, -0.05) is 6.07 Å². The minimum absolute atomic E-state index is 0. The number of carbonyl (C=O) groups excluding carboxylic acids is 3. The van der Waals surface area contributed by atoms with Crippen LogP contribution in [-0.4, -0.2) is 29.0 Å². The van der Waals surface area contributed by atoms with Crippen molar-refractivity contribution in [3.63, 3.8) is 0 Å². The van der Waals surface area contributed by atoms with Crippen LogP contribution in [0, 0.1) is 0 Å². The van der Waals surface area contributed by atoms with E-state index < -0.39 is 29.5 Å². The lowest BCUT2D eigenvalue weighted by Gasteiger charge is -2.36. The summed E-state index contributed by atoms with van der Waals surface area (Å²) >= 11 is 0. The Kier molecular flexibility index (Phi) is 4.64. The van der Waals surface area contributed by atoms with Crippen molar-refractivity contribution in [2.45, 2.75) is 19.4 Å². The Labute approximate surface area is 193 Å². The van der Waals surface area contributed by atoms with Crippen LogP contribution in [0.3, 0.4) is 0 Å². The summed E-state index contributed by atoms with van der Waals surface area (Å²) in [5.41, 5.74) is -0.0931. The molecule has 2 aliphatic heterocycles. The molecular formula is C25H18O9. The van der Waals surface area contributed by atoms with Crippen LogP contribution in [0.5, 0.6) is 23.0 Å². The van der Waals surface area contributed by atoms with Gasteiger partial charge in [0.25, 0.3) is 0 Å². The van der Waals surface area contributed by atoms with E-state index in [1.54, 1.807) is 24.3 Å². The van der Waals surface area contributed by atoms with Crippen molar-refractivity contribution in [3.05, 3.63) is 82.4 Å². The molecule has 9 nitrogen and oxygen atoms in total. The molecule has 0 aromatic heterocycles. The van der Waals surface area contributed by atoms with Gasteiger partial charge in [-0.2, -0.15) is 0 Å². The van der Waals surface area contributed by atoms with E-state index in [1.165, 1.54) is 44.2 Å². The fourth-order valence-electron chi connectivity index (χ4n) is 4.28. The van der Waals surface area contributed by atoms with Gasteiger partial charge < -0.3 is 24.1 Å². The standard InChI is InChI=1S/C25H16O9.H2/c1-12(26)31-15-4-7-19-21(10-15)33-22-11-16(32-13(2)27)5-8-20(22)25(19)18-6-3-14(23(28)29)9-17(18)24(30)34-25;/h3-11H,1-2H3,(H,28,29);1H. The average Bonchev–Trinajstić information content (AvgIpc) is 3.05. The van der Waals surface area contributed by atoms with Crippen molar-refractivity contribution < 1.29 is 44.7 Å². The zero-order valence-corrected chi connectivity index (χ0v) is 17.9. The molecule has 0 fully saturated rings. The number of fused-ring (bicyclic) bond motifs is 6. The number of carboxylic acids is 1. The lowest BCUT2D eigenvalue weighted by atomic mass is 9.77. The molecule has 5 rings (SSSR count). The lowest BCUT2D eigenvalue weighted by Crippen LogP contribution is -2.33. The monoisotopic (exact) mass is 462 g/mol. The highest BCUT2D eigenvalue weighted by atomic mass is 16.6. The molecule has 9 heteroatoms. The summed E-state index contributed by atoms with van der Waals surface area (Å²) in [6, 6.07) is 13.5. The SMILES string of the molecule is CC(=O)Oc1ccc2c(c1)Oc1cc(OC(C)=O)ccc1C21OC(=O)c2cc(C(=O)O)ccc21.[HH]. The van der Waals surface area contributed by atoms with Crippen LogP contribution in [0.15, 0.2) is 54.6 Å². The quantitative estimate of drug-likeness (QED) is 0.453. The Morgan fingerprint density at radius 1 is 0.824 bits per heavy atom. The molecule has 3 aromatic rings. The second-order valence-corrected chi connectivity index (χ2v) is 7.74. The summed E-state index contributed by atoms with van der Waals surface area (Å²) in [5.74, 6) is -2.02. The second kappa shape index (κ2) is 7.45. The Morgan fingerprint density at radius 2 is 1.35 bits per heavy atom. The van der Waals surface area contributed by atoms with Gasteiger partial charge in [-0.25, -0.2) is 9.59 Å². The van der Waals surface area contributed by atoms with Gasteiger partial charge in [0.1, 0.15) is 23.0 Å². The van der Waals surface area contributed by atoms with Crippen molar-refractivity contribution in [1.82, 2.24) is 0 Å². The smallest absolute Gasteiger partial charge is 0.340 e. The fourth-order valence-corrected chi connectivity index (χ4v) is 4.28. The molecule has 172 valence electrons. The molecule has 0 saturated heterocycles. The molecule has 3 aromatic carbocycles. The first kappa shape index (κ1) is 21.2. The van der Waals surface area contributed by atoms with Gasteiger partial charge in [-0.3, -0.25) is 9.59 Å². The Bertz CT molecular complexity index is 1360. The predicted molar refractivity (Wildman–Crippen MR) is 116 cm³/mol. The molecule has 0 bridgehead atoms. The predicted octanol–water partition coefficient (Wildman–Crippen LogP) is 4.05. The largest absolute Gasteiger partial charge is 0.478 e. The van der Waals surface area contributed by atoms with Crippen molar-refractivity contribution in [2.75, 3.05) is 0 Å². The summed E-state index contributed by atoms with van der Waals surface area (Å²) in [6.45, 7) is 2.52. The number of aromatic carboxylic acids is 1. The number of hydrogen-bond donors (Lipinski definition) is 1. The zero-order valence-electron chi connectivity index (χ0n) is 17.9. The molecule has 1 spiro atoms. The Hall–Kier alpha value is -4.66. The number of ether oxygens (including phenoxy) is 4. The number of esters is 3. The van der Waals surface area contributed by atoms with E-state index in [0.29, 0.717) is 16.7 Å². The summed E-state index contributed by atoms with van der Waals surface area (Å²) < 4.78 is 22.3. The third kappa shape index (κ3) is 3.17. The van der Waals surface area contributed by atoms with Gasteiger partial charge in [-0.05, 0) is 36.4 Å². The number of carboxylic acid groups (broad SMARTS) is 1. The third-order valence-corrected chi connectivity index (χ3v) is 5.52. The molecule has 0 saturated carbocycles. The van der Waals surface area contributed by atoms with Gasteiger partial charge in [0.2, 0.25) is 0 Å². The highest BCUT2D eigenvalue weighted by Gasteiger charge is 2.53. The summed E-state index contributed by atoms with van der Waals surface area (Å²) in [4.78, 5) is 47.3. The maximum Gasteiger partial charge on any atom is 0.340 e. The molecule has 0 atom stereocenters. The van der Waals surface area contributed by atoms with Crippen LogP contribution in [0.25, 0.3) is 0 Å². The van der Waals surface area contributed by atoms with Crippen LogP contribution < -0.4 is 14.2 Å². The maximum absolute atomic E-state index is 13.0. The van der Waals surface area contributed by atoms with E-state index >= 15 is 0 Å². The summed E-state index contributed by atoms with van der Waals surface area (Å²) in [7, 11) is 0. The van der Waals surface area contributed by atoms with Crippen molar-refractivity contribution >= 4 is 23.9 Å². The van der Waals surface area contributed by atoms with E-state index in [0.717, 1.165) is 0 Å². The number of carbonyl (C=O) groups is 4. The van der Waals surface area contributed by atoms with E-state index in [4.69, 9.17) is 18.9 Å². The maximum atomic E-state index is 13.0. The first-order chi connectivity index (χ1) is 16.2. The first-order valence-electron chi connectivity index (χ1n) is 10.1. The number of benzene rings is 3. The normalized spacial score (nSPS) is 14.2. The van der Waals surface area contributed by atoms with Crippen LogP contribution in [-0.2, 0) is 19.9 Å². The van der Waals surface area contributed by atoms with Crippen LogP contribution in [0.1, 0.15) is 52.7 Å². The second-order valence-electron chi connectivity index (χ2n) is 7.74. The highest BCUT2D eigenvalue weighted by molar-refractivity contribution is 6.00. The van der Waals surface area contributed by atoms with Crippen LogP contribution in [0.2, 0.25) is 0 Å². The van der Waals surface area contributed by atoms with Crippen LogP contribution in [0.4, 0.5) is 0 Å². The minimum Gasteiger partial charge on any atom is -0.478 e. The number of rotatable bonds is 3. The van der Waals surface area contributed by atoms with Gasteiger partial charge in [0.05, 0.1) is 11.1 Å². The topological polar surface area (TPSA) is 125 Å². The lowest BCUT2D eigenvalue weighted by molar-refractivity contribution is -0.132. The first-order valence-corrected chi connectivity index (χ1v) is 10.1. The molecule has 2 heterocycles. The van der Waals surface area contributed by atoms with Crippen molar-refractivity contribution in [1.29, 1.82) is 0 Å². The third-order valence-electron chi connectivity index (χ3n) is 5.52. The molecule has 0 aliphatic carbocycles. The van der Waals surface area contributed by atoms with E-state index in [1.807, 2.05) is 0 Å². The molecule has 0 amide bonds. The summed E-state index contributed by atoms with van der Waals surface area (Å²) in [5, 5.41) is 9.37. The molecular weight excluding hydrogens is 444 g/mol. The molecule has 0 unspecified atom stereocenters. The van der Waals surface area contributed by atoms with E-state index in [2.05, 4.69) is 0 Å². The minimum atomic E-state index is -1.46. The molecule has 2 aliphatic rings. The zero-order chi connectivity index (χ0) is 24.2. The van der Waals surface area contributed by atoms with E-state index in [-0.39, 0.29) is 35.6 Å². The van der Waals surface area contributed by atoms with Gasteiger partial charge in [-0.15, -0.1) is 0 Å². The van der Waals surface area contributed by atoms with Crippen LogP contribution >= 0.6 is 0 Å². The Morgan fingerprint density at radius 3 is 1.85 bits per heavy atom. The molecule has 0 radical (unpaired) electrons. The van der Waals surface area contributed by atoms with Gasteiger partial charge in [0.15, 0.2) is 5.60 Å². The molecule has 34 heavy (non-hydrogen) atoms. The fraction of sp³-hybridized carbons (Fsp3) is 0.120. The highest BCUT2D eigenvalue weighted by Crippen LogP contribution is 2.57. The van der Waals surface area contributed by atoms with E-state index in [9.17, 15) is 24.3 Å². The van der Waals surface area contributed by atoms with Gasteiger partial charge in [0, 0.05) is 44.1 Å². The van der Waals surface area contributed by atoms with Crippen molar-refractivity contribution in [3.8, 4) is 23.0 Å². The summed E-state index contributed by atoms with van der Waals surface area (Å²) in [6.07, 6.45) is 0. The Balaban J connectivity index is 0.00000289. The van der Waals surface area contributed by atoms with Gasteiger partial charge >= 0.3 is 23.9 Å². The number of hydrogen-bond acceptors (Lipinski definition) is 8. The van der Waals surface area contributed by atoms with Crippen molar-refractivity contribution in [2.24, 2.45) is 0 Å². The molecule has 1 N–H and O–H groups in total. The average molecular weight is 462 g/mol.